The van der Waals surface area contributed by atoms with E-state index in [0.29, 0.717) is 0 Å². The van der Waals surface area contributed by atoms with Gasteiger partial charge in [0.2, 0.25) is 0 Å². The molecular weight excluding hydrogens is 220 g/mol. The van der Waals surface area contributed by atoms with Crippen molar-refractivity contribution in [3.05, 3.63) is 59.7 Å². The van der Waals surface area contributed by atoms with E-state index in [0.717, 1.165) is 25.5 Å². The highest BCUT2D eigenvalue weighted by molar-refractivity contribution is 5.73. The summed E-state index contributed by atoms with van der Waals surface area (Å²) in [5.74, 6) is 0.0948. The highest BCUT2D eigenvalue weighted by Crippen LogP contribution is 2.36. The van der Waals surface area contributed by atoms with Gasteiger partial charge in [0.15, 0.2) is 0 Å². The van der Waals surface area contributed by atoms with Crippen LogP contribution < -0.4 is 0 Å². The van der Waals surface area contributed by atoms with Crippen molar-refractivity contribution in [2.45, 2.75) is 25.2 Å². The Morgan fingerprint density at radius 2 is 1.83 bits per heavy atom. The lowest BCUT2D eigenvalue weighted by atomic mass is 9.80. The van der Waals surface area contributed by atoms with Gasteiger partial charge in [-0.2, -0.15) is 0 Å². The molecule has 18 heavy (non-hydrogen) atoms. The molecule has 0 aromatic heterocycles. The molecule has 0 radical (unpaired) electrons. The smallest absolute Gasteiger partial charge is 0.127 e. The van der Waals surface area contributed by atoms with E-state index in [4.69, 9.17) is 0 Å². The van der Waals surface area contributed by atoms with Gasteiger partial charge in [0, 0.05) is 5.92 Å². The number of benzene rings is 2. The minimum absolute atomic E-state index is 0.0948. The van der Waals surface area contributed by atoms with Gasteiger partial charge in [-0.3, -0.25) is 0 Å². The molecule has 0 aliphatic heterocycles. The van der Waals surface area contributed by atoms with E-state index in [2.05, 4.69) is 42.5 Å². The van der Waals surface area contributed by atoms with Gasteiger partial charge in [0.1, 0.15) is 6.29 Å². The molecule has 0 spiro atoms. The lowest BCUT2D eigenvalue weighted by Gasteiger charge is -2.24. The van der Waals surface area contributed by atoms with Crippen molar-refractivity contribution in [3.63, 3.8) is 0 Å². The van der Waals surface area contributed by atoms with Crippen LogP contribution in [0.4, 0.5) is 0 Å². The molecule has 1 nitrogen and oxygen atoms in total. The van der Waals surface area contributed by atoms with E-state index in [1.807, 2.05) is 6.07 Å². The van der Waals surface area contributed by atoms with Crippen LogP contribution in [0.25, 0.3) is 11.1 Å². The predicted octanol–water partition coefficient (Wildman–Crippen LogP) is 3.97. The zero-order valence-electron chi connectivity index (χ0n) is 10.3. The fraction of sp³-hybridized carbons (Fsp3) is 0.235. The van der Waals surface area contributed by atoms with Crippen molar-refractivity contribution in [2.75, 3.05) is 0 Å². The Kier molecular flexibility index (Phi) is 2.97. The molecule has 2 aromatic carbocycles. The summed E-state index contributed by atoms with van der Waals surface area (Å²) in [7, 11) is 0. The summed E-state index contributed by atoms with van der Waals surface area (Å²) in [6.07, 6.45) is 4.30. The topological polar surface area (TPSA) is 17.1 Å². The summed E-state index contributed by atoms with van der Waals surface area (Å²) in [5, 5.41) is 0. The Labute approximate surface area is 107 Å². The Balaban J connectivity index is 2.15. The molecule has 0 N–H and O–H groups in total. The fourth-order valence-corrected chi connectivity index (χ4v) is 2.91. The quantitative estimate of drug-likeness (QED) is 0.721. The summed E-state index contributed by atoms with van der Waals surface area (Å²) in [6.45, 7) is 0. The lowest BCUT2D eigenvalue weighted by molar-refractivity contribution is -0.109. The first-order valence-corrected chi connectivity index (χ1v) is 6.52. The number of carbonyl (C=O) groups is 1. The second kappa shape index (κ2) is 4.77. The van der Waals surface area contributed by atoms with Crippen LogP contribution in [0.3, 0.4) is 0 Å². The van der Waals surface area contributed by atoms with Crippen LogP contribution in [-0.2, 0) is 11.2 Å². The van der Waals surface area contributed by atoms with Crippen LogP contribution in [-0.4, -0.2) is 6.29 Å². The molecule has 1 atom stereocenters. The molecule has 0 saturated carbocycles. The summed E-state index contributed by atoms with van der Waals surface area (Å²) in [4.78, 5) is 11.2. The zero-order chi connectivity index (χ0) is 12.4. The molecule has 0 amide bonds. The van der Waals surface area contributed by atoms with E-state index >= 15 is 0 Å². The summed E-state index contributed by atoms with van der Waals surface area (Å²) in [6, 6.07) is 16.8. The van der Waals surface area contributed by atoms with E-state index in [9.17, 15) is 4.79 Å². The highest BCUT2D eigenvalue weighted by Gasteiger charge is 2.21. The van der Waals surface area contributed by atoms with Gasteiger partial charge in [-0.1, -0.05) is 48.5 Å². The van der Waals surface area contributed by atoms with Gasteiger partial charge >= 0.3 is 0 Å². The van der Waals surface area contributed by atoms with Crippen LogP contribution >= 0.6 is 0 Å². The highest BCUT2D eigenvalue weighted by atomic mass is 16.1. The molecule has 0 bridgehead atoms. The summed E-state index contributed by atoms with van der Waals surface area (Å²) >= 11 is 0. The van der Waals surface area contributed by atoms with Gasteiger partial charge in [0.05, 0.1) is 0 Å². The number of rotatable bonds is 2. The molecule has 0 heterocycles. The minimum Gasteiger partial charge on any atom is -0.303 e. The van der Waals surface area contributed by atoms with Gasteiger partial charge in [-0.25, -0.2) is 0 Å². The monoisotopic (exact) mass is 236 g/mol. The number of hydrogen-bond acceptors (Lipinski definition) is 1. The Hall–Kier alpha value is -1.89. The van der Waals surface area contributed by atoms with Crippen LogP contribution in [0, 0.1) is 0 Å². The van der Waals surface area contributed by atoms with E-state index in [1.54, 1.807) is 0 Å². The predicted molar refractivity (Wildman–Crippen MR) is 73.6 cm³/mol. The lowest BCUT2D eigenvalue weighted by Crippen LogP contribution is -2.11. The van der Waals surface area contributed by atoms with Crippen LogP contribution in [0.5, 0.6) is 0 Å². The fourth-order valence-electron chi connectivity index (χ4n) is 2.91. The first kappa shape index (κ1) is 11.2. The maximum atomic E-state index is 11.2. The van der Waals surface area contributed by atoms with Crippen molar-refractivity contribution in [1.29, 1.82) is 0 Å². The molecule has 1 heteroatoms. The molecular formula is C17H16O. The molecule has 90 valence electrons. The van der Waals surface area contributed by atoms with E-state index < -0.39 is 0 Å². The standard InChI is InChI=1S/C17H16O/c18-12-14-8-4-11-17-15(9-5-10-16(14)17)13-6-2-1-3-7-13/h1-3,5-7,9-10,12,14H,4,8,11H2. The molecule has 1 aliphatic rings. The molecule has 0 fully saturated rings. The maximum absolute atomic E-state index is 11.2. The molecule has 3 rings (SSSR count). The van der Waals surface area contributed by atoms with Crippen LogP contribution in [0.15, 0.2) is 48.5 Å². The van der Waals surface area contributed by atoms with Crippen molar-refractivity contribution in [3.8, 4) is 11.1 Å². The first-order valence-electron chi connectivity index (χ1n) is 6.52. The van der Waals surface area contributed by atoms with Gasteiger partial charge < -0.3 is 4.79 Å². The van der Waals surface area contributed by atoms with Gasteiger partial charge in [0.25, 0.3) is 0 Å². The number of hydrogen-bond donors (Lipinski definition) is 0. The Bertz CT molecular complexity index is 557. The van der Waals surface area contributed by atoms with Gasteiger partial charge in [-0.15, -0.1) is 0 Å². The Morgan fingerprint density at radius 1 is 1.00 bits per heavy atom. The maximum Gasteiger partial charge on any atom is 0.127 e. The Morgan fingerprint density at radius 3 is 2.61 bits per heavy atom. The third-order valence-electron chi connectivity index (χ3n) is 3.80. The summed E-state index contributed by atoms with van der Waals surface area (Å²) in [5.41, 5.74) is 5.14. The van der Waals surface area contributed by atoms with Crippen molar-refractivity contribution in [2.24, 2.45) is 0 Å². The largest absolute Gasteiger partial charge is 0.303 e. The third-order valence-corrected chi connectivity index (χ3v) is 3.80. The third kappa shape index (κ3) is 1.86. The zero-order valence-corrected chi connectivity index (χ0v) is 10.3. The van der Waals surface area contributed by atoms with Crippen LogP contribution in [0.2, 0.25) is 0 Å². The summed E-state index contributed by atoms with van der Waals surface area (Å²) < 4.78 is 0. The SMILES string of the molecule is O=CC1CCCc2c(-c3ccccc3)cccc21. The minimum atomic E-state index is 0.0948. The normalized spacial score (nSPS) is 18.1. The van der Waals surface area contributed by atoms with Crippen molar-refractivity contribution in [1.82, 2.24) is 0 Å². The van der Waals surface area contributed by atoms with Crippen molar-refractivity contribution >= 4 is 6.29 Å². The van der Waals surface area contributed by atoms with Crippen LogP contribution in [0.1, 0.15) is 29.9 Å². The van der Waals surface area contributed by atoms with E-state index in [-0.39, 0.29) is 5.92 Å². The van der Waals surface area contributed by atoms with Gasteiger partial charge in [-0.05, 0) is 41.5 Å². The van der Waals surface area contributed by atoms with Crippen molar-refractivity contribution < 1.29 is 4.79 Å². The molecule has 1 aliphatic carbocycles. The number of aldehydes is 1. The first-order chi connectivity index (χ1) is 8.90. The second-order valence-electron chi connectivity index (χ2n) is 4.87. The number of fused-ring (bicyclic) bond motifs is 1. The number of carbonyl (C=O) groups excluding carboxylic acids is 1. The average Bonchev–Trinajstić information content (AvgIpc) is 2.47. The average molecular weight is 236 g/mol. The molecule has 1 unspecified atom stereocenters. The molecule has 0 saturated heterocycles. The molecule has 2 aromatic rings. The van der Waals surface area contributed by atoms with E-state index in [1.165, 1.54) is 22.3 Å². The second-order valence-corrected chi connectivity index (χ2v) is 4.87.